The maximum atomic E-state index is 13.0. The van der Waals surface area contributed by atoms with Crippen LogP contribution in [0.15, 0.2) is 42.5 Å². The fraction of sp³-hybridized carbons (Fsp3) is 0.250. The van der Waals surface area contributed by atoms with E-state index < -0.39 is 11.9 Å². The maximum Gasteiger partial charge on any atom is 0.257 e. The molecule has 2 aliphatic rings. The number of benzene rings is 2. The quantitative estimate of drug-likeness (QED) is 0.737. The molecule has 7 nitrogen and oxygen atoms in total. The number of carbonyl (C=O) groups excluding carboxylic acids is 3. The Morgan fingerprint density at radius 2 is 1.96 bits per heavy atom. The van der Waals surface area contributed by atoms with Gasteiger partial charge in [0.1, 0.15) is 6.04 Å². The van der Waals surface area contributed by atoms with Crippen LogP contribution < -0.4 is 14.4 Å². The molecule has 0 unspecified atom stereocenters. The Balaban J connectivity index is 1.59. The molecule has 0 bridgehead atoms. The number of anilines is 1. The highest BCUT2D eigenvalue weighted by Crippen LogP contribution is 2.34. The van der Waals surface area contributed by atoms with Crippen molar-refractivity contribution in [3.8, 4) is 11.5 Å². The molecule has 2 aromatic carbocycles. The monoisotopic (exact) mass is 400 g/mol. The molecule has 0 N–H and O–H groups in total. The average Bonchev–Trinajstić information content (AvgIpc) is 3.23. The molecule has 2 heterocycles. The molecule has 1 saturated heterocycles. The van der Waals surface area contributed by atoms with Crippen molar-refractivity contribution in [2.75, 3.05) is 11.7 Å². The summed E-state index contributed by atoms with van der Waals surface area (Å²) in [5.74, 6) is 0.127. The number of hydrogen-bond donors (Lipinski definition) is 0. The molecular weight excluding hydrogens is 384 g/mol. The van der Waals surface area contributed by atoms with E-state index >= 15 is 0 Å². The van der Waals surface area contributed by atoms with Crippen molar-refractivity contribution in [1.82, 2.24) is 4.90 Å². The number of imide groups is 1. The van der Waals surface area contributed by atoms with Gasteiger partial charge >= 0.3 is 0 Å². The van der Waals surface area contributed by atoms with Gasteiger partial charge in [0.25, 0.3) is 5.91 Å². The molecular formula is C20H17ClN2O5. The van der Waals surface area contributed by atoms with Gasteiger partial charge in [0, 0.05) is 18.5 Å². The third-order valence-electron chi connectivity index (χ3n) is 4.76. The Labute approximate surface area is 166 Å². The largest absolute Gasteiger partial charge is 0.454 e. The van der Waals surface area contributed by atoms with Crippen LogP contribution in [0.5, 0.6) is 11.5 Å². The molecule has 1 fully saturated rings. The smallest absolute Gasteiger partial charge is 0.257 e. The Kier molecular flexibility index (Phi) is 4.68. The van der Waals surface area contributed by atoms with Gasteiger partial charge in [0.15, 0.2) is 11.5 Å². The maximum absolute atomic E-state index is 13.0. The summed E-state index contributed by atoms with van der Waals surface area (Å²) in [6.07, 6.45) is -0.0739. The van der Waals surface area contributed by atoms with Crippen molar-refractivity contribution < 1.29 is 23.9 Å². The highest BCUT2D eigenvalue weighted by molar-refractivity contribution is 6.31. The number of carbonyl (C=O) groups is 3. The van der Waals surface area contributed by atoms with Crippen molar-refractivity contribution >= 4 is 35.0 Å². The second-order valence-corrected chi connectivity index (χ2v) is 7.04. The van der Waals surface area contributed by atoms with Crippen LogP contribution in [0.1, 0.15) is 18.9 Å². The molecule has 1 atom stereocenters. The van der Waals surface area contributed by atoms with Gasteiger partial charge in [0.2, 0.25) is 18.6 Å². The van der Waals surface area contributed by atoms with Crippen molar-refractivity contribution in [3.63, 3.8) is 0 Å². The summed E-state index contributed by atoms with van der Waals surface area (Å²) in [5.41, 5.74) is 1.18. The lowest BCUT2D eigenvalue weighted by Crippen LogP contribution is -2.44. The van der Waals surface area contributed by atoms with E-state index in [4.69, 9.17) is 21.1 Å². The molecule has 0 radical (unpaired) electrons. The highest BCUT2D eigenvalue weighted by atomic mass is 35.5. The first-order valence-corrected chi connectivity index (χ1v) is 9.10. The van der Waals surface area contributed by atoms with Gasteiger partial charge in [-0.1, -0.05) is 23.7 Å². The topological polar surface area (TPSA) is 76.2 Å². The lowest BCUT2D eigenvalue weighted by molar-refractivity contribution is -0.137. The minimum atomic E-state index is -0.866. The van der Waals surface area contributed by atoms with E-state index in [-0.39, 0.29) is 31.6 Å². The third-order valence-corrected chi connectivity index (χ3v) is 4.99. The average molecular weight is 401 g/mol. The van der Waals surface area contributed by atoms with Crippen LogP contribution in [0.25, 0.3) is 0 Å². The Morgan fingerprint density at radius 1 is 1.18 bits per heavy atom. The lowest BCUT2D eigenvalue weighted by atomic mass is 10.1. The number of fused-ring (bicyclic) bond motifs is 1. The van der Waals surface area contributed by atoms with E-state index in [1.165, 1.54) is 11.8 Å². The number of hydrogen-bond acceptors (Lipinski definition) is 5. The molecule has 2 aromatic rings. The van der Waals surface area contributed by atoms with Crippen molar-refractivity contribution in [2.45, 2.75) is 25.9 Å². The van der Waals surface area contributed by atoms with Gasteiger partial charge in [-0.3, -0.25) is 14.4 Å². The summed E-state index contributed by atoms with van der Waals surface area (Å²) in [6, 6.07) is 11.0. The molecule has 4 rings (SSSR count). The van der Waals surface area contributed by atoms with Crippen molar-refractivity contribution in [1.29, 1.82) is 0 Å². The zero-order valence-corrected chi connectivity index (χ0v) is 15.8. The van der Waals surface area contributed by atoms with Crippen LogP contribution in [0.2, 0.25) is 5.02 Å². The first kappa shape index (κ1) is 18.3. The highest BCUT2D eigenvalue weighted by Gasteiger charge is 2.43. The molecule has 0 spiro atoms. The third kappa shape index (κ3) is 3.29. The van der Waals surface area contributed by atoms with E-state index in [9.17, 15) is 14.4 Å². The molecule has 3 amide bonds. The molecule has 0 aromatic heterocycles. The molecule has 2 aliphatic heterocycles. The summed E-state index contributed by atoms with van der Waals surface area (Å²) in [4.78, 5) is 40.3. The summed E-state index contributed by atoms with van der Waals surface area (Å²) in [5, 5.41) is 0.422. The van der Waals surface area contributed by atoms with Gasteiger partial charge in [-0.25, -0.2) is 4.90 Å². The number of amides is 3. The fourth-order valence-corrected chi connectivity index (χ4v) is 3.61. The minimum absolute atomic E-state index is 0.0739. The number of rotatable bonds is 4. The van der Waals surface area contributed by atoms with Gasteiger partial charge in [-0.15, -0.1) is 0 Å². The van der Waals surface area contributed by atoms with E-state index in [0.717, 1.165) is 10.5 Å². The first-order chi connectivity index (χ1) is 13.4. The molecule has 28 heavy (non-hydrogen) atoms. The molecule has 0 aliphatic carbocycles. The molecule has 0 saturated carbocycles. The van der Waals surface area contributed by atoms with Gasteiger partial charge in [-0.2, -0.15) is 0 Å². The van der Waals surface area contributed by atoms with Gasteiger partial charge in [-0.05, 0) is 35.9 Å². The van der Waals surface area contributed by atoms with Crippen LogP contribution in [0.3, 0.4) is 0 Å². The second kappa shape index (κ2) is 7.16. The number of nitrogens with zero attached hydrogens (tertiary/aromatic N) is 2. The summed E-state index contributed by atoms with van der Waals surface area (Å²) < 4.78 is 10.7. The van der Waals surface area contributed by atoms with Crippen LogP contribution in [0.4, 0.5) is 5.69 Å². The Morgan fingerprint density at radius 3 is 2.71 bits per heavy atom. The van der Waals surface area contributed by atoms with E-state index in [0.29, 0.717) is 22.2 Å². The summed E-state index contributed by atoms with van der Waals surface area (Å²) >= 11 is 5.99. The van der Waals surface area contributed by atoms with Gasteiger partial charge in [0.05, 0.1) is 12.1 Å². The van der Waals surface area contributed by atoms with Crippen LogP contribution in [-0.4, -0.2) is 35.5 Å². The van der Waals surface area contributed by atoms with Crippen LogP contribution in [0, 0.1) is 0 Å². The summed E-state index contributed by atoms with van der Waals surface area (Å²) in [6.45, 7) is 1.71. The predicted molar refractivity (Wildman–Crippen MR) is 101 cm³/mol. The van der Waals surface area contributed by atoms with Crippen LogP contribution in [-0.2, 0) is 20.9 Å². The van der Waals surface area contributed by atoms with Crippen molar-refractivity contribution in [2.24, 2.45) is 0 Å². The SMILES string of the molecule is CC(=O)N(Cc1ccc2c(c1)OCO2)[C@@H]1CC(=O)N(c2cccc(Cl)c2)C1=O. The van der Waals surface area contributed by atoms with E-state index in [1.54, 1.807) is 42.5 Å². The Bertz CT molecular complexity index is 977. The lowest BCUT2D eigenvalue weighted by Gasteiger charge is -2.26. The fourth-order valence-electron chi connectivity index (χ4n) is 3.42. The van der Waals surface area contributed by atoms with E-state index in [2.05, 4.69) is 0 Å². The van der Waals surface area contributed by atoms with Gasteiger partial charge < -0.3 is 14.4 Å². The first-order valence-electron chi connectivity index (χ1n) is 8.72. The number of ether oxygens (including phenoxy) is 2. The zero-order chi connectivity index (χ0) is 19.8. The minimum Gasteiger partial charge on any atom is -0.454 e. The standard InChI is InChI=1S/C20H17ClN2O5/c1-12(24)22(10-13-5-6-17-18(7-13)28-11-27-17)16-9-19(25)23(20(16)26)15-4-2-3-14(21)8-15/h2-8,16H,9-11H2,1H3/t16-/m1/s1. The number of halogens is 1. The normalized spacial score (nSPS) is 17.9. The predicted octanol–water partition coefficient (Wildman–Crippen LogP) is 2.75. The second-order valence-electron chi connectivity index (χ2n) is 6.60. The van der Waals surface area contributed by atoms with Crippen molar-refractivity contribution in [3.05, 3.63) is 53.1 Å². The van der Waals surface area contributed by atoms with Crippen LogP contribution >= 0.6 is 11.6 Å². The molecule has 8 heteroatoms. The molecule has 144 valence electrons. The zero-order valence-electron chi connectivity index (χ0n) is 15.1. The Hall–Kier alpha value is -3.06. The van der Waals surface area contributed by atoms with E-state index in [1.807, 2.05) is 0 Å². The summed E-state index contributed by atoms with van der Waals surface area (Å²) in [7, 11) is 0.